The summed E-state index contributed by atoms with van der Waals surface area (Å²) in [6, 6.07) is 1.85. The number of aryl methyl sites for hydroxylation is 1. The maximum atomic E-state index is 12.7. The van der Waals surface area contributed by atoms with Gasteiger partial charge in [-0.15, -0.1) is 21.5 Å². The summed E-state index contributed by atoms with van der Waals surface area (Å²) < 4.78 is 38.9. The zero-order chi connectivity index (χ0) is 14.5. The highest BCUT2D eigenvalue weighted by atomic mass is 32.1. The van der Waals surface area contributed by atoms with Crippen molar-refractivity contribution in [2.45, 2.75) is 19.5 Å². The molecule has 3 aromatic rings. The summed E-state index contributed by atoms with van der Waals surface area (Å²) in [6.07, 6.45) is -3.77. The van der Waals surface area contributed by atoms with Crippen molar-refractivity contribution in [2.75, 3.05) is 5.73 Å². The van der Waals surface area contributed by atoms with Gasteiger partial charge in [0, 0.05) is 10.4 Å². The number of nitrogen functional groups attached to an aromatic ring is 1. The van der Waals surface area contributed by atoms with Crippen LogP contribution in [-0.2, 0) is 12.6 Å². The number of nitrogens with two attached hydrogens (primary N) is 1. The molecular weight excluding hydrogens is 311 g/mol. The molecule has 20 heavy (non-hydrogen) atoms. The first-order chi connectivity index (χ1) is 9.40. The van der Waals surface area contributed by atoms with Crippen LogP contribution in [0.15, 0.2) is 6.07 Å². The van der Waals surface area contributed by atoms with Crippen LogP contribution in [-0.4, -0.2) is 19.8 Å². The Morgan fingerprint density at radius 1 is 1.30 bits per heavy atom. The van der Waals surface area contributed by atoms with Crippen LogP contribution in [0.3, 0.4) is 0 Å². The molecule has 0 aliphatic rings. The number of rotatable bonds is 2. The number of hydrogen-bond acceptors (Lipinski definition) is 6. The fourth-order valence-electron chi connectivity index (χ4n) is 1.70. The van der Waals surface area contributed by atoms with Gasteiger partial charge in [0.15, 0.2) is 5.01 Å². The van der Waals surface area contributed by atoms with Crippen molar-refractivity contribution in [3.05, 3.63) is 16.8 Å². The lowest BCUT2D eigenvalue weighted by atomic mass is 10.3. The zero-order valence-corrected chi connectivity index (χ0v) is 11.7. The molecule has 0 saturated carbocycles. The Morgan fingerprint density at radius 2 is 2.05 bits per heavy atom. The second kappa shape index (κ2) is 4.42. The first-order valence-electron chi connectivity index (χ1n) is 5.58. The van der Waals surface area contributed by atoms with Crippen LogP contribution in [0.25, 0.3) is 15.5 Å². The minimum Gasteiger partial charge on any atom is -0.390 e. The maximum absolute atomic E-state index is 12.7. The number of aromatic nitrogens is 4. The van der Waals surface area contributed by atoms with Crippen LogP contribution in [0.1, 0.15) is 17.6 Å². The minimum atomic E-state index is -4.58. The van der Waals surface area contributed by atoms with Crippen molar-refractivity contribution in [1.82, 2.24) is 19.8 Å². The standard InChI is InChI=1S/C10H8F3N5S2/c1-2-4-3-5(6(14)19-4)7-17-18-8(10(11,12)13)15-16-9(18)20-7/h3H,2,14H2,1H3. The molecule has 2 N–H and O–H groups in total. The molecule has 0 radical (unpaired) electrons. The first kappa shape index (κ1) is 13.3. The van der Waals surface area contributed by atoms with Crippen LogP contribution in [0.4, 0.5) is 18.2 Å². The number of alkyl halides is 3. The molecule has 0 atom stereocenters. The highest BCUT2D eigenvalue weighted by Crippen LogP contribution is 2.37. The molecule has 0 saturated heterocycles. The molecule has 3 heterocycles. The van der Waals surface area contributed by atoms with Crippen LogP contribution in [0.2, 0.25) is 0 Å². The third-order valence-electron chi connectivity index (χ3n) is 2.64. The molecule has 0 bridgehead atoms. The van der Waals surface area contributed by atoms with Crippen molar-refractivity contribution >= 4 is 32.6 Å². The van der Waals surface area contributed by atoms with Crippen molar-refractivity contribution < 1.29 is 13.2 Å². The fraction of sp³-hybridized carbons (Fsp3) is 0.300. The zero-order valence-electron chi connectivity index (χ0n) is 10.1. The van der Waals surface area contributed by atoms with Crippen molar-refractivity contribution in [3.63, 3.8) is 0 Å². The van der Waals surface area contributed by atoms with Gasteiger partial charge in [0.2, 0.25) is 4.96 Å². The summed E-state index contributed by atoms with van der Waals surface area (Å²) in [5.74, 6) is -1.13. The maximum Gasteiger partial charge on any atom is 0.453 e. The van der Waals surface area contributed by atoms with Gasteiger partial charge in [0.25, 0.3) is 5.82 Å². The van der Waals surface area contributed by atoms with Gasteiger partial charge in [-0.05, 0) is 12.5 Å². The Labute approximate surface area is 118 Å². The molecule has 0 spiro atoms. The highest BCUT2D eigenvalue weighted by molar-refractivity contribution is 7.21. The average Bonchev–Trinajstić information content (AvgIpc) is 2.98. The lowest BCUT2D eigenvalue weighted by Crippen LogP contribution is -2.11. The van der Waals surface area contributed by atoms with Gasteiger partial charge in [-0.1, -0.05) is 18.3 Å². The Morgan fingerprint density at radius 3 is 2.65 bits per heavy atom. The van der Waals surface area contributed by atoms with Crippen LogP contribution < -0.4 is 5.73 Å². The molecule has 10 heteroatoms. The third kappa shape index (κ3) is 2.04. The van der Waals surface area contributed by atoms with E-state index >= 15 is 0 Å². The molecule has 0 aromatic carbocycles. The molecule has 3 aromatic heterocycles. The second-order valence-corrected chi connectivity index (χ2v) is 6.09. The number of nitrogens with zero attached hydrogens (tertiary/aromatic N) is 4. The van der Waals surface area contributed by atoms with Crippen LogP contribution >= 0.6 is 22.7 Å². The molecule has 106 valence electrons. The molecule has 0 unspecified atom stereocenters. The molecule has 5 nitrogen and oxygen atoms in total. The van der Waals surface area contributed by atoms with Gasteiger partial charge < -0.3 is 5.73 Å². The Bertz CT molecular complexity index is 770. The van der Waals surface area contributed by atoms with E-state index in [1.54, 1.807) is 0 Å². The molecule has 3 rings (SSSR count). The number of thiophene rings is 1. The smallest absolute Gasteiger partial charge is 0.390 e. The highest BCUT2D eigenvalue weighted by Gasteiger charge is 2.38. The first-order valence-corrected chi connectivity index (χ1v) is 7.21. The van der Waals surface area contributed by atoms with E-state index in [4.69, 9.17) is 5.73 Å². The summed E-state index contributed by atoms with van der Waals surface area (Å²) in [5, 5.41) is 11.5. The van der Waals surface area contributed by atoms with E-state index in [0.717, 1.165) is 22.6 Å². The van der Waals surface area contributed by atoms with Crippen molar-refractivity contribution in [3.8, 4) is 10.6 Å². The topological polar surface area (TPSA) is 69.1 Å². The molecule has 0 aliphatic carbocycles. The Kier molecular flexibility index (Phi) is 2.94. The Balaban J connectivity index is 2.13. The summed E-state index contributed by atoms with van der Waals surface area (Å²) in [7, 11) is 0. The molecular formula is C10H8F3N5S2. The third-order valence-corrected chi connectivity index (χ3v) is 4.68. The van der Waals surface area contributed by atoms with Gasteiger partial charge >= 0.3 is 6.18 Å². The predicted octanol–water partition coefficient (Wildman–Crippen LogP) is 3.08. The van der Waals surface area contributed by atoms with Gasteiger partial charge in [0.1, 0.15) is 0 Å². The monoisotopic (exact) mass is 319 g/mol. The lowest BCUT2D eigenvalue weighted by molar-refractivity contribution is -0.146. The summed E-state index contributed by atoms with van der Waals surface area (Å²) in [5.41, 5.74) is 6.53. The van der Waals surface area contributed by atoms with E-state index in [2.05, 4.69) is 15.3 Å². The van der Waals surface area contributed by atoms with E-state index in [1.165, 1.54) is 11.3 Å². The van der Waals surface area contributed by atoms with Gasteiger partial charge in [-0.25, -0.2) is 0 Å². The van der Waals surface area contributed by atoms with E-state index in [0.29, 0.717) is 20.1 Å². The van der Waals surface area contributed by atoms with Gasteiger partial charge in [-0.2, -0.15) is 22.8 Å². The second-order valence-electron chi connectivity index (χ2n) is 3.97. The SMILES string of the molecule is CCc1cc(-c2nn3c(C(F)(F)F)nnc3s2)c(N)s1. The number of hydrogen-bond donors (Lipinski definition) is 1. The average molecular weight is 319 g/mol. The quantitative estimate of drug-likeness (QED) is 0.788. The van der Waals surface area contributed by atoms with Crippen molar-refractivity contribution in [2.24, 2.45) is 0 Å². The van der Waals surface area contributed by atoms with Crippen LogP contribution in [0, 0.1) is 0 Å². The Hall–Kier alpha value is -1.68. The molecule has 0 amide bonds. The largest absolute Gasteiger partial charge is 0.453 e. The van der Waals surface area contributed by atoms with Crippen molar-refractivity contribution in [1.29, 1.82) is 0 Å². The van der Waals surface area contributed by atoms with Crippen LogP contribution in [0.5, 0.6) is 0 Å². The summed E-state index contributed by atoms with van der Waals surface area (Å²) >= 11 is 2.44. The summed E-state index contributed by atoms with van der Waals surface area (Å²) in [4.78, 5) is 1.15. The minimum absolute atomic E-state index is 0.0935. The number of halogens is 3. The number of fused-ring (bicyclic) bond motifs is 1. The van der Waals surface area contributed by atoms with E-state index in [-0.39, 0.29) is 4.96 Å². The van der Waals surface area contributed by atoms with E-state index < -0.39 is 12.0 Å². The number of anilines is 1. The normalized spacial score (nSPS) is 12.4. The van der Waals surface area contributed by atoms with Gasteiger partial charge in [-0.3, -0.25) is 0 Å². The van der Waals surface area contributed by atoms with Gasteiger partial charge in [0.05, 0.1) is 5.00 Å². The fourth-order valence-corrected chi connectivity index (χ4v) is 3.51. The molecule has 0 aliphatic heterocycles. The lowest BCUT2D eigenvalue weighted by Gasteiger charge is -2.00. The van der Waals surface area contributed by atoms with E-state index in [9.17, 15) is 13.2 Å². The molecule has 0 fully saturated rings. The predicted molar refractivity (Wildman–Crippen MR) is 70.8 cm³/mol. The van der Waals surface area contributed by atoms with E-state index in [1.807, 2.05) is 13.0 Å². The summed E-state index contributed by atoms with van der Waals surface area (Å²) in [6.45, 7) is 1.98.